The van der Waals surface area contributed by atoms with E-state index in [0.29, 0.717) is 17.9 Å². The summed E-state index contributed by atoms with van der Waals surface area (Å²) in [5.74, 6) is 0.504. The Hall–Kier alpha value is -2.67. The molecule has 1 heterocycles. The summed E-state index contributed by atoms with van der Waals surface area (Å²) in [7, 11) is 0. The van der Waals surface area contributed by atoms with Crippen LogP contribution >= 0.6 is 12.2 Å². The first-order valence-electron chi connectivity index (χ1n) is 7.03. The van der Waals surface area contributed by atoms with E-state index >= 15 is 0 Å². The first-order chi connectivity index (χ1) is 11.2. The third-order valence-electron chi connectivity index (χ3n) is 3.22. The molecule has 23 heavy (non-hydrogen) atoms. The Morgan fingerprint density at radius 3 is 2.74 bits per heavy atom. The minimum Gasteiger partial charge on any atom is -0.489 e. The number of H-pyrrole nitrogens is 1. The average molecular weight is 330 g/mol. The SMILES string of the molecule is Fc1ccc(COc2cccc(CNn3cn[nH]c3=S)c2)cc1. The molecule has 0 unspecified atom stereocenters. The number of hydrogen-bond acceptors (Lipinski definition) is 4. The van der Waals surface area contributed by atoms with E-state index in [1.165, 1.54) is 12.1 Å². The van der Waals surface area contributed by atoms with E-state index < -0.39 is 0 Å². The molecule has 0 amide bonds. The maximum atomic E-state index is 12.9. The fourth-order valence-corrected chi connectivity index (χ4v) is 2.19. The molecule has 118 valence electrons. The minimum absolute atomic E-state index is 0.250. The van der Waals surface area contributed by atoms with Gasteiger partial charge in [0, 0.05) is 0 Å². The van der Waals surface area contributed by atoms with Crippen molar-refractivity contribution in [3.05, 3.63) is 76.6 Å². The molecular weight excluding hydrogens is 315 g/mol. The van der Waals surface area contributed by atoms with Crippen LogP contribution in [0.25, 0.3) is 0 Å². The van der Waals surface area contributed by atoms with Gasteiger partial charge in [-0.2, -0.15) is 5.10 Å². The summed E-state index contributed by atoms with van der Waals surface area (Å²) in [6.45, 7) is 0.978. The Bertz CT molecular complexity index is 828. The van der Waals surface area contributed by atoms with E-state index in [2.05, 4.69) is 15.6 Å². The van der Waals surface area contributed by atoms with Gasteiger partial charge >= 0.3 is 0 Å². The van der Waals surface area contributed by atoms with Crippen LogP contribution in [0.15, 0.2) is 54.9 Å². The monoisotopic (exact) mass is 330 g/mol. The molecule has 0 atom stereocenters. The molecule has 1 aromatic heterocycles. The standard InChI is InChI=1S/C16H15FN4OS/c17-14-6-4-12(5-7-14)10-22-15-3-1-2-13(8-15)9-19-21-11-18-20-16(21)23/h1-8,11,19H,9-10H2,(H,20,23). The van der Waals surface area contributed by atoms with Crippen LogP contribution in [-0.4, -0.2) is 14.9 Å². The van der Waals surface area contributed by atoms with Gasteiger partial charge in [-0.1, -0.05) is 24.3 Å². The summed E-state index contributed by atoms with van der Waals surface area (Å²) in [5.41, 5.74) is 5.10. The van der Waals surface area contributed by atoms with E-state index in [1.54, 1.807) is 23.1 Å². The molecule has 0 fully saturated rings. The van der Waals surface area contributed by atoms with Gasteiger partial charge in [-0.3, -0.25) is 5.10 Å². The predicted octanol–water partition coefficient (Wildman–Crippen LogP) is 3.40. The van der Waals surface area contributed by atoms with Gasteiger partial charge in [-0.25, -0.2) is 9.07 Å². The van der Waals surface area contributed by atoms with Gasteiger partial charge in [0.25, 0.3) is 0 Å². The second-order valence-electron chi connectivity index (χ2n) is 4.93. The lowest BCUT2D eigenvalue weighted by atomic mass is 10.2. The lowest BCUT2D eigenvalue weighted by molar-refractivity contribution is 0.306. The van der Waals surface area contributed by atoms with Crippen molar-refractivity contribution in [2.45, 2.75) is 13.2 Å². The molecule has 3 rings (SSSR count). The van der Waals surface area contributed by atoms with E-state index in [-0.39, 0.29) is 5.82 Å². The fraction of sp³-hybridized carbons (Fsp3) is 0.125. The van der Waals surface area contributed by atoms with Crippen LogP contribution in [0.4, 0.5) is 4.39 Å². The van der Waals surface area contributed by atoms with Crippen LogP contribution in [0.2, 0.25) is 0 Å². The highest BCUT2D eigenvalue weighted by atomic mass is 32.1. The Kier molecular flexibility index (Phi) is 4.68. The largest absolute Gasteiger partial charge is 0.489 e. The number of nitrogens with zero attached hydrogens (tertiary/aromatic N) is 2. The predicted molar refractivity (Wildman–Crippen MR) is 87.7 cm³/mol. The van der Waals surface area contributed by atoms with E-state index in [0.717, 1.165) is 16.9 Å². The van der Waals surface area contributed by atoms with Gasteiger partial charge in [0.15, 0.2) is 0 Å². The number of ether oxygens (including phenoxy) is 1. The Balaban J connectivity index is 1.59. The third-order valence-corrected chi connectivity index (χ3v) is 3.51. The van der Waals surface area contributed by atoms with E-state index in [9.17, 15) is 4.39 Å². The van der Waals surface area contributed by atoms with Crippen molar-refractivity contribution in [3.8, 4) is 5.75 Å². The second-order valence-corrected chi connectivity index (χ2v) is 5.32. The summed E-state index contributed by atoms with van der Waals surface area (Å²) in [5, 5.41) is 6.51. The highest BCUT2D eigenvalue weighted by Crippen LogP contribution is 2.15. The van der Waals surface area contributed by atoms with Crippen LogP contribution in [0.5, 0.6) is 5.75 Å². The zero-order chi connectivity index (χ0) is 16.1. The van der Waals surface area contributed by atoms with Crippen molar-refractivity contribution in [2.75, 3.05) is 5.43 Å². The summed E-state index contributed by atoms with van der Waals surface area (Å²) >= 11 is 5.06. The number of aromatic nitrogens is 3. The van der Waals surface area contributed by atoms with Gasteiger partial charge in [-0.05, 0) is 47.6 Å². The summed E-state index contributed by atoms with van der Waals surface area (Å²) in [6, 6.07) is 14.0. The van der Waals surface area contributed by atoms with Crippen molar-refractivity contribution < 1.29 is 9.13 Å². The molecule has 5 nitrogen and oxygen atoms in total. The molecule has 0 bridgehead atoms. The van der Waals surface area contributed by atoms with Gasteiger partial charge in [0.1, 0.15) is 24.5 Å². The van der Waals surface area contributed by atoms with Gasteiger partial charge in [0.05, 0.1) is 6.54 Å². The molecule has 7 heteroatoms. The quantitative estimate of drug-likeness (QED) is 0.680. The highest BCUT2D eigenvalue weighted by Gasteiger charge is 2.00. The normalized spacial score (nSPS) is 10.5. The Labute approximate surface area is 137 Å². The van der Waals surface area contributed by atoms with Crippen molar-refractivity contribution in [1.29, 1.82) is 0 Å². The molecule has 2 N–H and O–H groups in total. The molecule has 0 saturated heterocycles. The molecular formula is C16H15FN4OS. The third kappa shape index (κ3) is 4.17. The highest BCUT2D eigenvalue weighted by molar-refractivity contribution is 7.71. The average Bonchev–Trinajstić information content (AvgIpc) is 2.98. The molecule has 0 radical (unpaired) electrons. The molecule has 0 spiro atoms. The molecule has 3 aromatic rings. The van der Waals surface area contributed by atoms with E-state index in [1.807, 2.05) is 24.3 Å². The van der Waals surface area contributed by atoms with Crippen LogP contribution < -0.4 is 10.2 Å². The number of nitrogens with one attached hydrogen (secondary N) is 2. The minimum atomic E-state index is -0.250. The zero-order valence-corrected chi connectivity index (χ0v) is 13.0. The number of benzene rings is 2. The summed E-state index contributed by atoms with van der Waals surface area (Å²) < 4.78 is 20.8. The first-order valence-corrected chi connectivity index (χ1v) is 7.43. The topological polar surface area (TPSA) is 54.9 Å². The van der Waals surface area contributed by atoms with Crippen molar-refractivity contribution in [2.24, 2.45) is 0 Å². The Morgan fingerprint density at radius 1 is 1.17 bits per heavy atom. The number of aromatic amines is 1. The molecule has 0 aliphatic heterocycles. The van der Waals surface area contributed by atoms with Crippen molar-refractivity contribution in [3.63, 3.8) is 0 Å². The summed E-state index contributed by atoms with van der Waals surface area (Å²) in [4.78, 5) is 0. The van der Waals surface area contributed by atoms with Crippen LogP contribution in [0.1, 0.15) is 11.1 Å². The van der Waals surface area contributed by atoms with Gasteiger partial charge in [0.2, 0.25) is 4.77 Å². The zero-order valence-electron chi connectivity index (χ0n) is 12.2. The summed E-state index contributed by atoms with van der Waals surface area (Å²) in [6.07, 6.45) is 1.58. The number of hydrogen-bond donors (Lipinski definition) is 2. The number of halogens is 1. The van der Waals surface area contributed by atoms with Gasteiger partial charge < -0.3 is 10.2 Å². The maximum absolute atomic E-state index is 12.9. The molecule has 0 aliphatic rings. The van der Waals surface area contributed by atoms with Crippen LogP contribution in [0, 0.1) is 10.6 Å². The number of rotatable bonds is 6. The lowest BCUT2D eigenvalue weighted by Crippen LogP contribution is -2.13. The first kappa shape index (κ1) is 15.2. The van der Waals surface area contributed by atoms with E-state index in [4.69, 9.17) is 17.0 Å². The Morgan fingerprint density at radius 2 is 2.00 bits per heavy atom. The lowest BCUT2D eigenvalue weighted by Gasteiger charge is -2.10. The fourth-order valence-electron chi connectivity index (χ4n) is 2.03. The van der Waals surface area contributed by atoms with Crippen LogP contribution in [0.3, 0.4) is 0 Å². The molecule has 0 saturated carbocycles. The van der Waals surface area contributed by atoms with Gasteiger partial charge in [-0.15, -0.1) is 0 Å². The van der Waals surface area contributed by atoms with Crippen LogP contribution in [-0.2, 0) is 13.2 Å². The molecule has 2 aromatic carbocycles. The van der Waals surface area contributed by atoms with Crippen molar-refractivity contribution in [1.82, 2.24) is 14.9 Å². The molecule has 0 aliphatic carbocycles. The maximum Gasteiger partial charge on any atom is 0.214 e. The smallest absolute Gasteiger partial charge is 0.214 e. The second kappa shape index (κ2) is 7.06. The van der Waals surface area contributed by atoms with Crippen molar-refractivity contribution >= 4 is 12.2 Å².